The third-order valence-corrected chi connectivity index (χ3v) is 6.13. The van der Waals surface area contributed by atoms with Crippen LogP contribution in [0.25, 0.3) is 11.1 Å². The second kappa shape index (κ2) is 11.0. The van der Waals surface area contributed by atoms with Crippen molar-refractivity contribution in [3.05, 3.63) is 95.1 Å². The monoisotopic (exact) mass is 542 g/mol. The van der Waals surface area contributed by atoms with Crippen molar-refractivity contribution in [2.24, 2.45) is 0 Å². The zero-order valence-electron chi connectivity index (χ0n) is 21.2. The Bertz CT molecular complexity index is 1530. The molecule has 4 aromatic carbocycles. The minimum atomic E-state index is -1.12. The predicted octanol–water partition coefficient (Wildman–Crippen LogP) is 4.32. The molecule has 0 unspecified atom stereocenters. The normalized spacial score (nSPS) is 10.6. The van der Waals surface area contributed by atoms with Crippen LogP contribution in [-0.2, 0) is 0 Å². The molecule has 0 radical (unpaired) electrons. The zero-order chi connectivity index (χ0) is 29.1. The van der Waals surface area contributed by atoms with Crippen molar-refractivity contribution in [3.63, 3.8) is 0 Å². The van der Waals surface area contributed by atoms with Crippen LogP contribution in [0.1, 0.15) is 41.4 Å². The van der Waals surface area contributed by atoms with Gasteiger partial charge in [0.1, 0.15) is 11.5 Å². The summed E-state index contributed by atoms with van der Waals surface area (Å²) in [6.07, 6.45) is 0. The molecule has 0 heterocycles. The van der Waals surface area contributed by atoms with Gasteiger partial charge in [-0.25, -0.2) is 0 Å². The number of methoxy groups -OCH3 is 2. The van der Waals surface area contributed by atoms with Crippen LogP contribution in [0.15, 0.2) is 72.8 Å². The van der Waals surface area contributed by atoms with E-state index in [-0.39, 0.29) is 22.3 Å². The van der Waals surface area contributed by atoms with Crippen LogP contribution >= 0.6 is 0 Å². The highest BCUT2D eigenvalue weighted by Crippen LogP contribution is 2.40. The summed E-state index contributed by atoms with van der Waals surface area (Å²) in [5, 5.41) is 40.8. The molecular weight excluding hydrogens is 520 g/mol. The number of hydrogen-bond donors (Lipinski definition) is 4. The number of aromatic hydroxyl groups is 4. The summed E-state index contributed by atoms with van der Waals surface area (Å²) in [6, 6.07) is 14.8. The minimum Gasteiger partial charge on any atom is -0.504 e. The van der Waals surface area contributed by atoms with Gasteiger partial charge < -0.3 is 29.9 Å². The van der Waals surface area contributed by atoms with Crippen molar-refractivity contribution in [1.29, 1.82) is 0 Å². The molecule has 0 aliphatic carbocycles. The Morgan fingerprint density at radius 1 is 0.475 bits per heavy atom. The fourth-order valence-corrected chi connectivity index (χ4v) is 3.97. The highest BCUT2D eigenvalue weighted by atomic mass is 16.5. The average molecular weight is 542 g/mol. The fourth-order valence-electron chi connectivity index (χ4n) is 3.97. The molecule has 40 heavy (non-hydrogen) atoms. The quantitative estimate of drug-likeness (QED) is 0.136. The molecular formula is C30H22O10. The first-order valence-corrected chi connectivity index (χ1v) is 11.6. The van der Waals surface area contributed by atoms with Gasteiger partial charge in [-0.1, -0.05) is 0 Å². The van der Waals surface area contributed by atoms with Crippen molar-refractivity contribution in [2.75, 3.05) is 14.2 Å². The Morgan fingerprint density at radius 3 is 1.07 bits per heavy atom. The van der Waals surface area contributed by atoms with E-state index in [4.69, 9.17) is 9.47 Å². The van der Waals surface area contributed by atoms with E-state index < -0.39 is 57.3 Å². The number of carbonyl (C=O) groups is 4. The first kappa shape index (κ1) is 27.4. The number of hydrogen-bond acceptors (Lipinski definition) is 10. The molecule has 10 heteroatoms. The lowest BCUT2D eigenvalue weighted by atomic mass is 9.87. The first-order chi connectivity index (χ1) is 19.0. The lowest BCUT2D eigenvalue weighted by Crippen LogP contribution is -2.18. The van der Waals surface area contributed by atoms with Gasteiger partial charge in [0.15, 0.2) is 23.0 Å². The Kier molecular flexibility index (Phi) is 7.53. The molecule has 4 rings (SSSR count). The molecule has 10 nitrogen and oxygen atoms in total. The van der Waals surface area contributed by atoms with Crippen LogP contribution in [0.4, 0.5) is 0 Å². The van der Waals surface area contributed by atoms with E-state index in [1.165, 1.54) is 62.8 Å². The van der Waals surface area contributed by atoms with Gasteiger partial charge in [-0.05, 0) is 83.9 Å². The third-order valence-electron chi connectivity index (χ3n) is 6.13. The second-order valence-electron chi connectivity index (χ2n) is 8.55. The molecule has 0 saturated carbocycles. The second-order valence-corrected chi connectivity index (χ2v) is 8.55. The molecule has 4 aromatic rings. The lowest BCUT2D eigenvalue weighted by molar-refractivity contribution is 0.0816. The molecule has 0 aliphatic rings. The maximum atomic E-state index is 13.4. The molecule has 0 saturated heterocycles. The average Bonchev–Trinajstić information content (AvgIpc) is 2.98. The summed E-state index contributed by atoms with van der Waals surface area (Å²) >= 11 is 0. The number of phenolic OH excluding ortho intramolecular Hbond substituents is 4. The van der Waals surface area contributed by atoms with E-state index in [1.54, 1.807) is 0 Å². The number of Topliss-reactive ketones (excluding diaryl/α,β-unsaturated/α-hetero) is 4. The Labute approximate surface area is 227 Å². The lowest BCUT2D eigenvalue weighted by Gasteiger charge is -2.15. The number of carbonyl (C=O) groups excluding carboxylic acids is 4. The fraction of sp³-hybridized carbons (Fsp3) is 0.0667. The summed E-state index contributed by atoms with van der Waals surface area (Å²) in [4.78, 5) is 52.8. The van der Waals surface area contributed by atoms with E-state index in [0.29, 0.717) is 11.5 Å². The largest absolute Gasteiger partial charge is 0.504 e. The predicted molar refractivity (Wildman–Crippen MR) is 142 cm³/mol. The van der Waals surface area contributed by atoms with Crippen LogP contribution < -0.4 is 9.47 Å². The van der Waals surface area contributed by atoms with Crippen LogP contribution in [0, 0.1) is 0 Å². The number of phenols is 4. The van der Waals surface area contributed by atoms with Gasteiger partial charge in [-0.3, -0.25) is 19.2 Å². The summed E-state index contributed by atoms with van der Waals surface area (Å²) < 4.78 is 10.1. The smallest absolute Gasteiger partial charge is 0.234 e. The van der Waals surface area contributed by atoms with Crippen LogP contribution in [-0.4, -0.2) is 57.8 Å². The van der Waals surface area contributed by atoms with Gasteiger partial charge in [0.2, 0.25) is 23.1 Å². The van der Waals surface area contributed by atoms with Crippen LogP contribution in [0.5, 0.6) is 34.5 Å². The SMILES string of the molecule is COc1ccc(C(=O)C(=O)c2cc(O)c(O)cc2-c2cc(O)c(O)cc2C(=O)C(=O)c2ccc(OC)cc2)cc1. The Morgan fingerprint density at radius 2 is 0.775 bits per heavy atom. The van der Waals surface area contributed by atoms with Crippen molar-refractivity contribution in [3.8, 4) is 45.6 Å². The number of benzene rings is 4. The molecule has 202 valence electrons. The topological polar surface area (TPSA) is 168 Å². The van der Waals surface area contributed by atoms with Crippen molar-refractivity contribution >= 4 is 23.1 Å². The van der Waals surface area contributed by atoms with Crippen LogP contribution in [0.3, 0.4) is 0 Å². The maximum Gasteiger partial charge on any atom is 0.234 e. The Balaban J connectivity index is 1.85. The molecule has 0 bridgehead atoms. The summed E-state index contributed by atoms with van der Waals surface area (Å²) in [6.45, 7) is 0. The van der Waals surface area contributed by atoms with E-state index in [1.807, 2.05) is 0 Å². The van der Waals surface area contributed by atoms with Gasteiger partial charge >= 0.3 is 0 Å². The van der Waals surface area contributed by atoms with E-state index in [9.17, 15) is 39.6 Å². The summed E-state index contributed by atoms with van der Waals surface area (Å²) in [7, 11) is 2.86. The molecule has 0 aliphatic heterocycles. The van der Waals surface area contributed by atoms with Crippen molar-refractivity contribution in [2.45, 2.75) is 0 Å². The van der Waals surface area contributed by atoms with Gasteiger partial charge in [-0.2, -0.15) is 0 Å². The first-order valence-electron chi connectivity index (χ1n) is 11.6. The highest BCUT2D eigenvalue weighted by Gasteiger charge is 2.29. The number of ether oxygens (including phenoxy) is 2. The molecule has 0 amide bonds. The van der Waals surface area contributed by atoms with E-state index >= 15 is 0 Å². The van der Waals surface area contributed by atoms with Gasteiger partial charge in [0.25, 0.3) is 0 Å². The van der Waals surface area contributed by atoms with Crippen molar-refractivity contribution < 1.29 is 49.1 Å². The highest BCUT2D eigenvalue weighted by molar-refractivity contribution is 6.51. The minimum absolute atomic E-state index is 0.0103. The molecule has 0 fully saturated rings. The zero-order valence-corrected chi connectivity index (χ0v) is 21.2. The Hall–Kier alpha value is -5.64. The third kappa shape index (κ3) is 5.18. The standard InChI is InChI=1S/C30H22O10/c1-39-17-7-3-15(4-8-17)27(35)29(37)21-13-25(33)23(31)11-19(21)20-12-24(32)26(34)14-22(20)30(38)28(36)16-5-9-18(40-2)10-6-16/h3-14,31-34H,1-2H3. The number of ketones is 4. The van der Waals surface area contributed by atoms with Crippen LogP contribution in [0.2, 0.25) is 0 Å². The van der Waals surface area contributed by atoms with E-state index in [0.717, 1.165) is 24.3 Å². The molecule has 4 N–H and O–H groups in total. The van der Waals surface area contributed by atoms with Gasteiger partial charge in [0, 0.05) is 22.3 Å². The maximum absolute atomic E-state index is 13.4. The van der Waals surface area contributed by atoms with Gasteiger partial charge in [0.05, 0.1) is 14.2 Å². The molecule has 0 atom stereocenters. The van der Waals surface area contributed by atoms with Crippen molar-refractivity contribution in [1.82, 2.24) is 0 Å². The number of rotatable bonds is 9. The van der Waals surface area contributed by atoms with E-state index in [2.05, 4.69) is 0 Å². The molecule has 0 spiro atoms. The summed E-state index contributed by atoms with van der Waals surface area (Å²) in [5.41, 5.74) is -1.42. The van der Waals surface area contributed by atoms with Gasteiger partial charge in [-0.15, -0.1) is 0 Å². The molecule has 0 aromatic heterocycles. The summed E-state index contributed by atoms with van der Waals surface area (Å²) in [5.74, 6) is -6.23.